The van der Waals surface area contributed by atoms with Gasteiger partial charge >= 0.3 is 5.97 Å². The van der Waals surface area contributed by atoms with E-state index >= 15 is 0 Å². The van der Waals surface area contributed by atoms with Gasteiger partial charge in [-0.15, -0.1) is 0 Å². The van der Waals surface area contributed by atoms with Crippen LogP contribution in [0.1, 0.15) is 46.3 Å². The molecule has 0 saturated heterocycles. The quantitative estimate of drug-likeness (QED) is 0.0643. The second-order valence-electron chi connectivity index (χ2n) is 11.5. The summed E-state index contributed by atoms with van der Waals surface area (Å²) in [5, 5.41) is 3.25. The maximum atomic E-state index is 13.2. The Kier molecular flexibility index (Phi) is 11.4. The first-order chi connectivity index (χ1) is 22.5. The van der Waals surface area contributed by atoms with E-state index in [0.717, 1.165) is 24.1 Å². The van der Waals surface area contributed by atoms with Crippen LogP contribution >= 0.6 is 0 Å². The molecular formula is C39H40N2O5. The van der Waals surface area contributed by atoms with Crippen molar-refractivity contribution in [2.75, 3.05) is 32.1 Å². The van der Waals surface area contributed by atoms with Crippen molar-refractivity contribution in [1.82, 2.24) is 4.90 Å². The smallest absolute Gasteiger partial charge is 0.328 e. The maximum Gasteiger partial charge on any atom is 0.328 e. The maximum absolute atomic E-state index is 13.2. The summed E-state index contributed by atoms with van der Waals surface area (Å²) in [6, 6.07) is 33.0. The number of carbonyl (C=O) groups is 3. The first-order valence-electron chi connectivity index (χ1n) is 15.8. The predicted molar refractivity (Wildman–Crippen MR) is 181 cm³/mol. The van der Waals surface area contributed by atoms with Gasteiger partial charge in [0.1, 0.15) is 11.8 Å². The van der Waals surface area contributed by atoms with Crippen LogP contribution in [0.4, 0.5) is 5.69 Å². The molecule has 1 fully saturated rings. The fraction of sp³-hybridized carbons (Fsp3) is 0.256. The number of hydrogen-bond acceptors (Lipinski definition) is 6. The zero-order valence-corrected chi connectivity index (χ0v) is 26.1. The summed E-state index contributed by atoms with van der Waals surface area (Å²) in [6.45, 7) is 1.90. The molecule has 5 rings (SSSR count). The average Bonchev–Trinajstić information content (AvgIpc) is 3.93. The summed E-state index contributed by atoms with van der Waals surface area (Å²) < 4.78 is 11.1. The van der Waals surface area contributed by atoms with Gasteiger partial charge in [-0.1, -0.05) is 84.9 Å². The average molecular weight is 617 g/mol. The second kappa shape index (κ2) is 16.2. The summed E-state index contributed by atoms with van der Waals surface area (Å²) in [5.41, 5.74) is 3.54. The van der Waals surface area contributed by atoms with Gasteiger partial charge in [-0.2, -0.15) is 0 Å². The number of hydrogen-bond donors (Lipinski definition) is 1. The summed E-state index contributed by atoms with van der Waals surface area (Å²) in [5.74, 6) is 0.794. The normalized spacial score (nSPS) is 13.2. The van der Waals surface area contributed by atoms with Crippen LogP contribution in [0.5, 0.6) is 5.75 Å². The lowest BCUT2D eigenvalue weighted by atomic mass is 10.00. The molecule has 1 unspecified atom stereocenters. The second-order valence-corrected chi connectivity index (χ2v) is 11.5. The Morgan fingerprint density at radius 3 is 2.24 bits per heavy atom. The van der Waals surface area contributed by atoms with E-state index in [4.69, 9.17) is 9.47 Å². The molecule has 0 bridgehead atoms. The van der Waals surface area contributed by atoms with Crippen molar-refractivity contribution in [2.24, 2.45) is 5.92 Å². The van der Waals surface area contributed by atoms with E-state index in [9.17, 15) is 14.4 Å². The first-order valence-corrected chi connectivity index (χ1v) is 15.8. The predicted octanol–water partition coefficient (Wildman–Crippen LogP) is 6.83. The number of ketones is 1. The number of esters is 1. The van der Waals surface area contributed by atoms with Crippen LogP contribution in [0.15, 0.2) is 115 Å². The van der Waals surface area contributed by atoms with E-state index in [-0.39, 0.29) is 11.7 Å². The van der Waals surface area contributed by atoms with E-state index in [0.29, 0.717) is 48.1 Å². The summed E-state index contributed by atoms with van der Waals surface area (Å²) in [7, 11) is 1.36. The minimum Gasteiger partial charge on any atom is -0.494 e. The van der Waals surface area contributed by atoms with Gasteiger partial charge in [-0.3, -0.25) is 9.59 Å². The molecule has 0 spiro atoms. The van der Waals surface area contributed by atoms with E-state index in [1.807, 2.05) is 89.8 Å². The molecule has 1 N–H and O–H groups in total. The highest BCUT2D eigenvalue weighted by molar-refractivity contribution is 6.12. The minimum atomic E-state index is -0.701. The molecule has 0 radical (unpaired) electrons. The van der Waals surface area contributed by atoms with E-state index < -0.39 is 12.0 Å². The van der Waals surface area contributed by atoms with Gasteiger partial charge in [-0.05, 0) is 66.6 Å². The fourth-order valence-corrected chi connectivity index (χ4v) is 5.22. The van der Waals surface area contributed by atoms with E-state index in [1.165, 1.54) is 20.0 Å². The van der Waals surface area contributed by atoms with Crippen molar-refractivity contribution in [2.45, 2.75) is 31.7 Å². The Morgan fingerprint density at radius 2 is 1.54 bits per heavy atom. The van der Waals surface area contributed by atoms with Crippen LogP contribution in [0, 0.1) is 5.92 Å². The van der Waals surface area contributed by atoms with Crippen LogP contribution in [-0.4, -0.2) is 55.4 Å². The molecule has 1 aliphatic rings. The molecule has 1 aliphatic carbocycles. The summed E-state index contributed by atoms with van der Waals surface area (Å²) in [4.78, 5) is 40.8. The lowest BCUT2D eigenvalue weighted by Crippen LogP contribution is -2.33. The number of nitrogens with zero attached hydrogens (tertiary/aromatic N) is 1. The largest absolute Gasteiger partial charge is 0.494 e. The SMILES string of the molecule is COC(=O)C(Cc1ccc(OCCCN(CC2CC2)C(=O)C=Cc2ccccc2)cc1)Nc1ccccc1C(=O)c1ccccc1. The number of para-hydroxylation sites is 1. The standard InChI is InChI=1S/C39H40N2O5/c1-45-39(44)36(40-35-16-9-8-15-34(35)38(43)32-13-6-3-7-14-32)27-30-19-22-33(23-20-30)46-26-10-25-41(28-31-17-18-31)37(42)24-21-29-11-4-2-5-12-29/h2-9,11-16,19-24,31,36,40H,10,17-18,25-28H2,1H3. The first kappa shape index (κ1) is 32.2. The number of rotatable bonds is 16. The third-order valence-corrected chi connectivity index (χ3v) is 7.93. The van der Waals surface area contributed by atoms with Gasteiger partial charge in [0, 0.05) is 42.4 Å². The number of methoxy groups -OCH3 is 1. The van der Waals surface area contributed by atoms with Crippen molar-refractivity contribution in [1.29, 1.82) is 0 Å². The minimum absolute atomic E-state index is 0.0286. The molecule has 236 valence electrons. The molecule has 7 heteroatoms. The molecule has 7 nitrogen and oxygen atoms in total. The Hall–Kier alpha value is -5.17. The van der Waals surface area contributed by atoms with Crippen molar-refractivity contribution >= 4 is 29.4 Å². The third kappa shape index (κ3) is 9.41. The molecule has 0 aliphatic heterocycles. The molecule has 1 atom stereocenters. The Labute approximate surface area is 270 Å². The molecule has 4 aromatic carbocycles. The van der Waals surface area contributed by atoms with Crippen LogP contribution in [0.2, 0.25) is 0 Å². The van der Waals surface area contributed by atoms with Gasteiger partial charge in [0.05, 0.1) is 13.7 Å². The highest BCUT2D eigenvalue weighted by atomic mass is 16.5. The fourth-order valence-electron chi connectivity index (χ4n) is 5.22. The van der Waals surface area contributed by atoms with Gasteiger partial charge in [0.2, 0.25) is 5.91 Å². The van der Waals surface area contributed by atoms with Crippen molar-refractivity contribution in [3.05, 3.63) is 138 Å². The monoisotopic (exact) mass is 616 g/mol. The number of amides is 1. The van der Waals surface area contributed by atoms with E-state index in [2.05, 4.69) is 5.32 Å². The Morgan fingerprint density at radius 1 is 0.870 bits per heavy atom. The van der Waals surface area contributed by atoms with Crippen LogP contribution in [-0.2, 0) is 20.7 Å². The number of carbonyl (C=O) groups excluding carboxylic acids is 3. The number of anilines is 1. The highest BCUT2D eigenvalue weighted by Crippen LogP contribution is 2.30. The lowest BCUT2D eigenvalue weighted by molar-refractivity contribution is -0.141. The molecular weight excluding hydrogens is 576 g/mol. The van der Waals surface area contributed by atoms with E-state index in [1.54, 1.807) is 36.4 Å². The number of benzene rings is 4. The van der Waals surface area contributed by atoms with Crippen molar-refractivity contribution in [3.63, 3.8) is 0 Å². The zero-order chi connectivity index (χ0) is 32.1. The molecule has 4 aromatic rings. The topological polar surface area (TPSA) is 84.9 Å². The van der Waals surface area contributed by atoms with Crippen molar-refractivity contribution in [3.8, 4) is 5.75 Å². The van der Waals surface area contributed by atoms with Gasteiger partial charge in [0.15, 0.2) is 5.78 Å². The zero-order valence-electron chi connectivity index (χ0n) is 26.1. The third-order valence-electron chi connectivity index (χ3n) is 7.93. The van der Waals surface area contributed by atoms with Crippen LogP contribution in [0.25, 0.3) is 6.08 Å². The molecule has 46 heavy (non-hydrogen) atoms. The van der Waals surface area contributed by atoms with Crippen LogP contribution in [0.3, 0.4) is 0 Å². The number of nitrogens with one attached hydrogen (secondary N) is 1. The summed E-state index contributed by atoms with van der Waals surface area (Å²) >= 11 is 0. The molecule has 0 heterocycles. The Bertz CT molecular complexity index is 1620. The summed E-state index contributed by atoms with van der Waals surface area (Å²) in [6.07, 6.45) is 6.96. The Balaban J connectivity index is 1.15. The number of ether oxygens (including phenoxy) is 2. The molecule has 0 aromatic heterocycles. The van der Waals surface area contributed by atoms with Gasteiger partial charge in [-0.25, -0.2) is 4.79 Å². The lowest BCUT2D eigenvalue weighted by Gasteiger charge is -2.21. The van der Waals surface area contributed by atoms with Crippen molar-refractivity contribution < 1.29 is 23.9 Å². The van der Waals surface area contributed by atoms with Gasteiger partial charge < -0.3 is 19.7 Å². The molecule has 1 saturated carbocycles. The van der Waals surface area contributed by atoms with Crippen LogP contribution < -0.4 is 10.1 Å². The van der Waals surface area contributed by atoms with Gasteiger partial charge in [0.25, 0.3) is 0 Å². The highest BCUT2D eigenvalue weighted by Gasteiger charge is 2.26. The molecule has 1 amide bonds.